The van der Waals surface area contributed by atoms with Gasteiger partial charge in [0.1, 0.15) is 0 Å². The summed E-state index contributed by atoms with van der Waals surface area (Å²) in [7, 11) is -2.66. The van der Waals surface area contributed by atoms with Crippen LogP contribution in [0.4, 0.5) is 0 Å². The van der Waals surface area contributed by atoms with Crippen molar-refractivity contribution in [1.29, 1.82) is 0 Å². The van der Waals surface area contributed by atoms with Gasteiger partial charge in [-0.2, -0.15) is 4.31 Å². The number of carbonyl (C=O) groups excluding carboxylic acids is 1. The van der Waals surface area contributed by atoms with Crippen LogP contribution in [0.2, 0.25) is 0 Å². The molecule has 0 unspecified atom stereocenters. The molecule has 1 heterocycles. The maximum absolute atomic E-state index is 12.8. The molecular weight excluding hydrogens is 318 g/mol. The summed E-state index contributed by atoms with van der Waals surface area (Å²) < 4.78 is 36.6. The molecule has 0 aliphatic heterocycles. The summed E-state index contributed by atoms with van der Waals surface area (Å²) in [6, 6.07) is 11.6. The smallest absolute Gasteiger partial charge is 0.374 e. The summed E-state index contributed by atoms with van der Waals surface area (Å²) in [6.45, 7) is 3.78. The number of carbonyl (C=O) groups is 1. The predicted octanol–water partition coefficient (Wildman–Crippen LogP) is 2.67. The number of ether oxygens (including phenoxy) is 1. The minimum Gasteiger partial charge on any atom is -0.463 e. The van der Waals surface area contributed by atoms with Gasteiger partial charge in [0.2, 0.25) is 10.9 Å². The SMILES string of the molecule is COC(=O)c1ccc(S(=O)(=O)N(Cc2ccccc2)C(C)C)o1. The number of benzene rings is 1. The highest BCUT2D eigenvalue weighted by molar-refractivity contribution is 7.89. The van der Waals surface area contributed by atoms with Crippen LogP contribution in [0.15, 0.2) is 52.0 Å². The molecule has 2 rings (SSSR count). The lowest BCUT2D eigenvalue weighted by Gasteiger charge is -2.24. The van der Waals surface area contributed by atoms with E-state index in [1.807, 2.05) is 30.3 Å². The molecule has 2 aromatic rings. The third-order valence-electron chi connectivity index (χ3n) is 3.29. The molecule has 0 fully saturated rings. The molecular formula is C16H19NO5S. The van der Waals surface area contributed by atoms with E-state index in [-0.39, 0.29) is 23.4 Å². The molecule has 23 heavy (non-hydrogen) atoms. The first kappa shape index (κ1) is 17.2. The fourth-order valence-electron chi connectivity index (χ4n) is 2.09. The second-order valence-electron chi connectivity index (χ2n) is 5.24. The molecule has 0 atom stereocenters. The third kappa shape index (κ3) is 3.80. The standard InChI is InChI=1S/C16H19NO5S/c1-12(2)17(11-13-7-5-4-6-8-13)23(19,20)15-10-9-14(22-15)16(18)21-3/h4-10,12H,11H2,1-3H3. The van der Waals surface area contributed by atoms with Gasteiger partial charge in [-0.05, 0) is 31.5 Å². The van der Waals surface area contributed by atoms with Crippen LogP contribution in [-0.2, 0) is 21.3 Å². The molecule has 0 aliphatic rings. The van der Waals surface area contributed by atoms with E-state index in [9.17, 15) is 13.2 Å². The van der Waals surface area contributed by atoms with Gasteiger partial charge in [0.15, 0.2) is 0 Å². The van der Waals surface area contributed by atoms with Crippen molar-refractivity contribution in [3.63, 3.8) is 0 Å². The molecule has 0 saturated heterocycles. The van der Waals surface area contributed by atoms with E-state index < -0.39 is 16.0 Å². The van der Waals surface area contributed by atoms with E-state index in [4.69, 9.17) is 4.42 Å². The number of esters is 1. The first-order valence-electron chi connectivity index (χ1n) is 7.10. The van der Waals surface area contributed by atoms with Gasteiger partial charge >= 0.3 is 5.97 Å². The van der Waals surface area contributed by atoms with E-state index in [0.29, 0.717) is 0 Å². The van der Waals surface area contributed by atoms with Gasteiger partial charge in [-0.15, -0.1) is 0 Å². The van der Waals surface area contributed by atoms with Crippen LogP contribution in [0, 0.1) is 0 Å². The molecule has 0 spiro atoms. The summed E-state index contributed by atoms with van der Waals surface area (Å²) >= 11 is 0. The Bertz CT molecular complexity index is 765. The number of nitrogens with zero attached hydrogens (tertiary/aromatic N) is 1. The average molecular weight is 337 g/mol. The minimum absolute atomic E-state index is 0.144. The normalized spacial score (nSPS) is 11.9. The van der Waals surface area contributed by atoms with E-state index in [0.717, 1.165) is 5.56 Å². The zero-order valence-electron chi connectivity index (χ0n) is 13.2. The lowest BCUT2D eigenvalue weighted by atomic mass is 10.2. The Morgan fingerprint density at radius 1 is 1.17 bits per heavy atom. The molecule has 7 heteroatoms. The topological polar surface area (TPSA) is 76.8 Å². The van der Waals surface area contributed by atoms with Crippen molar-refractivity contribution in [2.45, 2.75) is 31.5 Å². The van der Waals surface area contributed by atoms with Crippen molar-refractivity contribution in [3.8, 4) is 0 Å². The Morgan fingerprint density at radius 2 is 1.83 bits per heavy atom. The fourth-order valence-corrected chi connectivity index (χ4v) is 3.63. The van der Waals surface area contributed by atoms with Gasteiger partial charge in [0.05, 0.1) is 7.11 Å². The molecule has 0 radical (unpaired) electrons. The Kier molecular flexibility index (Phi) is 5.23. The second kappa shape index (κ2) is 6.97. The molecule has 0 amide bonds. The monoisotopic (exact) mass is 337 g/mol. The molecule has 1 aromatic carbocycles. The molecule has 1 aromatic heterocycles. The van der Waals surface area contributed by atoms with Crippen LogP contribution < -0.4 is 0 Å². The van der Waals surface area contributed by atoms with Gasteiger partial charge < -0.3 is 9.15 Å². The fraction of sp³-hybridized carbons (Fsp3) is 0.312. The van der Waals surface area contributed by atoms with E-state index in [1.165, 1.54) is 23.5 Å². The van der Waals surface area contributed by atoms with Crippen LogP contribution in [0.5, 0.6) is 0 Å². The Balaban J connectivity index is 2.33. The summed E-state index contributed by atoms with van der Waals surface area (Å²) in [5.74, 6) is -0.861. The van der Waals surface area contributed by atoms with Crippen molar-refractivity contribution in [3.05, 3.63) is 53.8 Å². The first-order valence-corrected chi connectivity index (χ1v) is 8.54. The van der Waals surface area contributed by atoms with Gasteiger partial charge in [-0.25, -0.2) is 13.2 Å². The highest BCUT2D eigenvalue weighted by Gasteiger charge is 2.31. The van der Waals surface area contributed by atoms with Gasteiger partial charge in [-0.3, -0.25) is 0 Å². The van der Waals surface area contributed by atoms with E-state index >= 15 is 0 Å². The summed E-state index contributed by atoms with van der Waals surface area (Å²) in [5.41, 5.74) is 0.865. The molecule has 6 nitrogen and oxygen atoms in total. The quantitative estimate of drug-likeness (QED) is 0.757. The maximum Gasteiger partial charge on any atom is 0.374 e. The van der Waals surface area contributed by atoms with E-state index in [2.05, 4.69) is 4.74 Å². The number of methoxy groups -OCH3 is 1. The highest BCUT2D eigenvalue weighted by Crippen LogP contribution is 2.23. The Labute approximate surface area is 135 Å². The lowest BCUT2D eigenvalue weighted by Crippen LogP contribution is -2.36. The molecule has 0 saturated carbocycles. The molecule has 0 aliphatic carbocycles. The van der Waals surface area contributed by atoms with Crippen molar-refractivity contribution >= 4 is 16.0 Å². The summed E-state index contributed by atoms with van der Waals surface area (Å²) in [4.78, 5) is 11.4. The van der Waals surface area contributed by atoms with E-state index in [1.54, 1.807) is 13.8 Å². The summed E-state index contributed by atoms with van der Waals surface area (Å²) in [6.07, 6.45) is 0. The van der Waals surface area contributed by atoms with Crippen molar-refractivity contribution in [1.82, 2.24) is 4.31 Å². The average Bonchev–Trinajstić information content (AvgIpc) is 3.03. The second-order valence-corrected chi connectivity index (χ2v) is 7.06. The number of hydrogen-bond acceptors (Lipinski definition) is 5. The van der Waals surface area contributed by atoms with Crippen molar-refractivity contribution in [2.75, 3.05) is 7.11 Å². The highest BCUT2D eigenvalue weighted by atomic mass is 32.2. The first-order chi connectivity index (χ1) is 10.9. The third-order valence-corrected chi connectivity index (χ3v) is 5.18. The van der Waals surface area contributed by atoms with Gasteiger partial charge in [-0.1, -0.05) is 30.3 Å². The largest absolute Gasteiger partial charge is 0.463 e. The van der Waals surface area contributed by atoms with Crippen LogP contribution in [-0.4, -0.2) is 31.8 Å². The number of hydrogen-bond donors (Lipinski definition) is 0. The van der Waals surface area contributed by atoms with Crippen LogP contribution in [0.1, 0.15) is 30.0 Å². The number of furan rings is 1. The van der Waals surface area contributed by atoms with Crippen LogP contribution in [0.25, 0.3) is 0 Å². The molecule has 0 bridgehead atoms. The number of rotatable bonds is 6. The predicted molar refractivity (Wildman–Crippen MR) is 84.4 cm³/mol. The molecule has 124 valence electrons. The summed E-state index contributed by atoms with van der Waals surface area (Å²) in [5, 5.41) is -0.275. The van der Waals surface area contributed by atoms with Gasteiger partial charge in [0, 0.05) is 12.6 Å². The van der Waals surface area contributed by atoms with Crippen LogP contribution >= 0.6 is 0 Å². The Morgan fingerprint density at radius 3 is 2.39 bits per heavy atom. The zero-order valence-corrected chi connectivity index (χ0v) is 14.0. The minimum atomic E-state index is -3.86. The Hall–Kier alpha value is -2.12. The van der Waals surface area contributed by atoms with Crippen molar-refractivity contribution < 1.29 is 22.4 Å². The van der Waals surface area contributed by atoms with Gasteiger partial charge in [0.25, 0.3) is 10.0 Å². The maximum atomic E-state index is 12.8. The molecule has 0 N–H and O–H groups in total. The number of sulfonamides is 1. The zero-order chi connectivity index (χ0) is 17.0. The van der Waals surface area contributed by atoms with Crippen LogP contribution in [0.3, 0.4) is 0 Å². The van der Waals surface area contributed by atoms with Crippen molar-refractivity contribution in [2.24, 2.45) is 0 Å². The lowest BCUT2D eigenvalue weighted by molar-refractivity contribution is 0.0558.